The molecule has 1 aliphatic heterocycles. The van der Waals surface area contributed by atoms with E-state index in [1.165, 1.54) is 13.8 Å². The van der Waals surface area contributed by atoms with Crippen molar-refractivity contribution in [1.29, 1.82) is 0 Å². The Balaban J connectivity index is 2.61. The van der Waals surface area contributed by atoms with Crippen molar-refractivity contribution in [1.82, 2.24) is 9.55 Å². The molecular weight excluding hydrogens is 337 g/mol. The van der Waals surface area contributed by atoms with Crippen LogP contribution in [-0.4, -0.2) is 50.6 Å². The summed E-state index contributed by atoms with van der Waals surface area (Å²) in [6.45, 7) is 4.81. The van der Waals surface area contributed by atoms with Crippen LogP contribution in [0, 0.1) is 6.92 Å². The minimum absolute atomic E-state index is 0.144. The second kappa shape index (κ2) is 5.75. The van der Waals surface area contributed by atoms with Crippen LogP contribution in [0.3, 0.4) is 0 Å². The molecular formula is C15H22FN3O6. The van der Waals surface area contributed by atoms with Gasteiger partial charge in [0.25, 0.3) is 5.56 Å². The first-order valence-electron chi connectivity index (χ1n) is 7.54. The fourth-order valence-corrected chi connectivity index (χ4v) is 3.03. The first-order chi connectivity index (χ1) is 11.3. The second-order valence-corrected chi connectivity index (χ2v) is 6.84. The van der Waals surface area contributed by atoms with Gasteiger partial charge in [-0.05, 0) is 27.7 Å². The predicted molar refractivity (Wildman–Crippen MR) is 84.7 cm³/mol. The first kappa shape index (κ1) is 19.3. The summed E-state index contributed by atoms with van der Waals surface area (Å²) in [4.78, 5) is 37.6. The van der Waals surface area contributed by atoms with Gasteiger partial charge in [0, 0.05) is 11.8 Å². The summed E-state index contributed by atoms with van der Waals surface area (Å²) in [6.07, 6.45) is -2.02. The Morgan fingerprint density at radius 1 is 1.52 bits per heavy atom. The van der Waals surface area contributed by atoms with E-state index >= 15 is 4.39 Å². The summed E-state index contributed by atoms with van der Waals surface area (Å²) in [5, 5.41) is 10.7. The Morgan fingerprint density at radius 2 is 2.08 bits per heavy atom. The molecule has 1 saturated heterocycles. The fourth-order valence-electron chi connectivity index (χ4n) is 3.03. The number of halogens is 1. The molecule has 2 heterocycles. The highest BCUT2D eigenvalue weighted by molar-refractivity contribution is 5.81. The molecule has 10 heteroatoms. The zero-order valence-corrected chi connectivity index (χ0v) is 14.6. The number of aromatic nitrogens is 2. The number of carbonyl (C=O) groups excluding carboxylic acids is 1. The van der Waals surface area contributed by atoms with Crippen molar-refractivity contribution >= 4 is 5.97 Å². The van der Waals surface area contributed by atoms with Gasteiger partial charge in [-0.15, -0.1) is 0 Å². The summed E-state index contributed by atoms with van der Waals surface area (Å²) < 4.78 is 26.4. The molecule has 2 rings (SSSR count). The van der Waals surface area contributed by atoms with E-state index in [0.29, 0.717) is 0 Å². The molecule has 1 aliphatic rings. The van der Waals surface area contributed by atoms with E-state index in [-0.39, 0.29) is 5.56 Å². The molecule has 0 spiro atoms. The van der Waals surface area contributed by atoms with Crippen molar-refractivity contribution in [2.24, 2.45) is 5.73 Å². The molecule has 5 atom stereocenters. The maximum absolute atomic E-state index is 15.5. The molecule has 0 aromatic carbocycles. The molecule has 0 aliphatic carbocycles. The van der Waals surface area contributed by atoms with E-state index in [0.717, 1.165) is 31.7 Å². The monoisotopic (exact) mass is 359 g/mol. The van der Waals surface area contributed by atoms with Crippen LogP contribution in [0.25, 0.3) is 0 Å². The van der Waals surface area contributed by atoms with Crippen LogP contribution in [0.1, 0.15) is 32.6 Å². The molecule has 0 bridgehead atoms. The Labute approximate surface area is 142 Å². The molecule has 0 amide bonds. The minimum atomic E-state index is -2.51. The van der Waals surface area contributed by atoms with E-state index in [1.807, 2.05) is 4.98 Å². The van der Waals surface area contributed by atoms with Crippen molar-refractivity contribution < 1.29 is 23.8 Å². The number of nitrogens with two attached hydrogens (primary N) is 1. The number of nitrogens with one attached hydrogen (secondary N) is 1. The zero-order valence-electron chi connectivity index (χ0n) is 14.6. The van der Waals surface area contributed by atoms with Gasteiger partial charge in [0.2, 0.25) is 0 Å². The van der Waals surface area contributed by atoms with E-state index in [2.05, 4.69) is 4.74 Å². The van der Waals surface area contributed by atoms with Crippen LogP contribution in [0.2, 0.25) is 0 Å². The number of aliphatic hydroxyl groups is 1. The van der Waals surface area contributed by atoms with Crippen molar-refractivity contribution in [2.45, 2.75) is 56.8 Å². The standard InChI is InChI=1S/C15H22FN3O6/c1-7-6-19(12(22)18-8(7)20)10-14(3,16)15(4,23)9(25-10)13(2,17)11(21)24-5/h6,9-10,23H,17H2,1-5H3,(H,18,20,22)/t9-,10+,13?,14+,15-/m1/s1. The normalized spacial score (nSPS) is 34.6. The third kappa shape index (κ3) is 2.70. The Hall–Kier alpha value is -2.04. The summed E-state index contributed by atoms with van der Waals surface area (Å²) in [7, 11) is 1.10. The van der Waals surface area contributed by atoms with Gasteiger partial charge >= 0.3 is 11.7 Å². The van der Waals surface area contributed by atoms with Crippen LogP contribution >= 0.6 is 0 Å². The van der Waals surface area contributed by atoms with Gasteiger partial charge in [0.15, 0.2) is 11.9 Å². The Bertz CT molecular complexity index is 810. The maximum atomic E-state index is 15.5. The molecule has 1 fully saturated rings. The van der Waals surface area contributed by atoms with Crippen molar-refractivity contribution in [3.05, 3.63) is 32.6 Å². The number of hydrogen-bond donors (Lipinski definition) is 3. The molecule has 4 N–H and O–H groups in total. The van der Waals surface area contributed by atoms with E-state index < -0.39 is 46.4 Å². The number of nitrogens with zero attached hydrogens (tertiary/aromatic N) is 1. The third-order valence-electron chi connectivity index (χ3n) is 4.80. The zero-order chi connectivity index (χ0) is 19.4. The highest BCUT2D eigenvalue weighted by Crippen LogP contribution is 2.50. The number of rotatable bonds is 3. The molecule has 1 aromatic rings. The number of H-pyrrole nitrogens is 1. The number of alkyl halides is 1. The molecule has 1 unspecified atom stereocenters. The average Bonchev–Trinajstić information content (AvgIpc) is 2.68. The molecule has 1 aromatic heterocycles. The van der Waals surface area contributed by atoms with Crippen LogP contribution < -0.4 is 17.0 Å². The van der Waals surface area contributed by atoms with Gasteiger partial charge in [-0.3, -0.25) is 14.3 Å². The number of methoxy groups -OCH3 is 1. The largest absolute Gasteiger partial charge is 0.468 e. The molecule has 25 heavy (non-hydrogen) atoms. The number of ether oxygens (including phenoxy) is 2. The third-order valence-corrected chi connectivity index (χ3v) is 4.80. The lowest BCUT2D eigenvalue weighted by Crippen LogP contribution is -2.65. The van der Waals surface area contributed by atoms with Gasteiger partial charge in [0.05, 0.1) is 7.11 Å². The topological polar surface area (TPSA) is 137 Å². The quantitative estimate of drug-likeness (QED) is 0.596. The highest BCUT2D eigenvalue weighted by Gasteiger charge is 2.68. The Kier molecular flexibility index (Phi) is 4.44. The summed E-state index contributed by atoms with van der Waals surface area (Å²) >= 11 is 0. The minimum Gasteiger partial charge on any atom is -0.468 e. The Morgan fingerprint density at radius 3 is 2.60 bits per heavy atom. The molecule has 140 valence electrons. The molecule has 0 saturated carbocycles. The van der Waals surface area contributed by atoms with Crippen LogP contribution in [0.15, 0.2) is 15.8 Å². The predicted octanol–water partition coefficient (Wildman–Crippen LogP) is -0.888. The fraction of sp³-hybridized carbons (Fsp3) is 0.667. The first-order valence-corrected chi connectivity index (χ1v) is 7.54. The smallest absolute Gasteiger partial charge is 0.330 e. The van der Waals surface area contributed by atoms with Crippen molar-refractivity contribution in [2.75, 3.05) is 7.11 Å². The number of esters is 1. The van der Waals surface area contributed by atoms with Gasteiger partial charge in [-0.2, -0.15) is 0 Å². The maximum Gasteiger partial charge on any atom is 0.330 e. The van der Waals surface area contributed by atoms with E-state index in [4.69, 9.17) is 10.5 Å². The lowest BCUT2D eigenvalue weighted by Gasteiger charge is -2.38. The van der Waals surface area contributed by atoms with Gasteiger partial charge in [0.1, 0.15) is 17.2 Å². The summed E-state index contributed by atoms with van der Waals surface area (Å²) in [6, 6.07) is 0. The number of aryl methyl sites for hydroxylation is 1. The van der Waals surface area contributed by atoms with Gasteiger partial charge in [-0.1, -0.05) is 0 Å². The number of carbonyl (C=O) groups is 1. The number of hydrogen-bond acceptors (Lipinski definition) is 7. The molecule has 9 nitrogen and oxygen atoms in total. The number of aromatic amines is 1. The lowest BCUT2D eigenvalue weighted by molar-refractivity contribution is -0.161. The van der Waals surface area contributed by atoms with Crippen molar-refractivity contribution in [3.63, 3.8) is 0 Å². The molecule has 0 radical (unpaired) electrons. The summed E-state index contributed by atoms with van der Waals surface area (Å²) in [5.74, 6) is -0.917. The van der Waals surface area contributed by atoms with Crippen LogP contribution in [0.5, 0.6) is 0 Å². The SMILES string of the molecule is COC(=O)C(C)(N)[C@H]1O[C@H](n2cc(C)c(=O)[nH]c2=O)[C@](C)(F)[C@]1(C)O. The average molecular weight is 359 g/mol. The second-order valence-electron chi connectivity index (χ2n) is 6.84. The van der Waals surface area contributed by atoms with Crippen LogP contribution in [0.4, 0.5) is 4.39 Å². The van der Waals surface area contributed by atoms with E-state index in [9.17, 15) is 19.5 Å². The van der Waals surface area contributed by atoms with Crippen molar-refractivity contribution in [3.8, 4) is 0 Å². The summed E-state index contributed by atoms with van der Waals surface area (Å²) in [5.41, 5.74) is -2.10. The lowest BCUT2D eigenvalue weighted by atomic mass is 9.77. The van der Waals surface area contributed by atoms with Gasteiger partial charge < -0.3 is 20.3 Å². The van der Waals surface area contributed by atoms with E-state index in [1.54, 1.807) is 0 Å². The highest BCUT2D eigenvalue weighted by atomic mass is 19.1. The van der Waals surface area contributed by atoms with Gasteiger partial charge in [-0.25, -0.2) is 14.0 Å². The van der Waals surface area contributed by atoms with Crippen LogP contribution in [-0.2, 0) is 14.3 Å².